The molecule has 0 rings (SSSR count). The summed E-state index contributed by atoms with van der Waals surface area (Å²) in [7, 11) is 1.98. The summed E-state index contributed by atoms with van der Waals surface area (Å²) in [5.41, 5.74) is 0. The lowest BCUT2D eigenvalue weighted by molar-refractivity contribution is -0.140. The lowest BCUT2D eigenvalue weighted by Gasteiger charge is -2.24. The van der Waals surface area contributed by atoms with Gasteiger partial charge in [-0.1, -0.05) is 27.2 Å². The lowest BCUT2D eigenvalue weighted by atomic mass is 10.1. The summed E-state index contributed by atoms with van der Waals surface area (Å²) >= 11 is 0. The van der Waals surface area contributed by atoms with Gasteiger partial charge in [0, 0.05) is 13.1 Å². The molecule has 0 aliphatic heterocycles. The topological polar surface area (TPSA) is 52.6 Å². The summed E-state index contributed by atoms with van der Waals surface area (Å²) in [6.45, 7) is 8.66. The molecule has 0 heterocycles. The second kappa shape index (κ2) is 8.53. The number of carboxylic acid groups (broad SMARTS) is 1. The molecule has 0 aliphatic rings. The van der Waals surface area contributed by atoms with Crippen LogP contribution in [0.4, 0.5) is 0 Å². The minimum absolute atomic E-state index is 0.450. The average molecular weight is 230 g/mol. The molecule has 96 valence electrons. The Morgan fingerprint density at radius 3 is 2.44 bits per heavy atom. The maximum Gasteiger partial charge on any atom is 0.322 e. The minimum Gasteiger partial charge on any atom is -0.480 e. The highest BCUT2D eigenvalue weighted by Gasteiger charge is 2.18. The molecule has 2 unspecified atom stereocenters. The van der Waals surface area contributed by atoms with Crippen LogP contribution in [0.5, 0.6) is 0 Å². The number of hydrogen-bond acceptors (Lipinski definition) is 3. The number of rotatable bonds is 9. The normalized spacial score (nSPS) is 15.1. The molecule has 0 fully saturated rings. The molecule has 0 saturated heterocycles. The van der Waals surface area contributed by atoms with Gasteiger partial charge in [-0.3, -0.25) is 4.79 Å². The number of likely N-dealkylation sites (N-methyl/N-ethyl adjacent to an activating group) is 1. The van der Waals surface area contributed by atoms with Gasteiger partial charge in [-0.15, -0.1) is 0 Å². The molecule has 0 aromatic rings. The molecular formula is C12H26N2O2. The highest BCUT2D eigenvalue weighted by Crippen LogP contribution is 2.03. The van der Waals surface area contributed by atoms with Crippen LogP contribution in [-0.2, 0) is 4.79 Å². The second-order valence-electron chi connectivity index (χ2n) is 4.58. The van der Waals surface area contributed by atoms with Gasteiger partial charge in [-0.25, -0.2) is 0 Å². The highest BCUT2D eigenvalue weighted by molar-refractivity contribution is 5.73. The first-order chi connectivity index (χ1) is 7.51. The molecule has 0 aromatic heterocycles. The van der Waals surface area contributed by atoms with Gasteiger partial charge in [0.25, 0.3) is 0 Å². The van der Waals surface area contributed by atoms with Gasteiger partial charge >= 0.3 is 5.97 Å². The van der Waals surface area contributed by atoms with E-state index >= 15 is 0 Å². The molecule has 0 aliphatic carbocycles. The molecule has 0 saturated carbocycles. The molecule has 0 amide bonds. The first-order valence-corrected chi connectivity index (χ1v) is 6.15. The van der Waals surface area contributed by atoms with Crippen LogP contribution in [0, 0.1) is 5.92 Å². The smallest absolute Gasteiger partial charge is 0.322 e. The Morgan fingerprint density at radius 1 is 1.38 bits per heavy atom. The SMILES string of the molecule is CCCNC(CN(C)CC(C)CC)C(=O)O. The van der Waals surface area contributed by atoms with E-state index in [-0.39, 0.29) is 0 Å². The third kappa shape index (κ3) is 6.80. The molecule has 0 bridgehead atoms. The van der Waals surface area contributed by atoms with E-state index in [0.717, 1.165) is 25.9 Å². The Morgan fingerprint density at radius 2 is 2.00 bits per heavy atom. The quantitative estimate of drug-likeness (QED) is 0.629. The maximum atomic E-state index is 11.0. The van der Waals surface area contributed by atoms with Crippen LogP contribution in [0.1, 0.15) is 33.6 Å². The Labute approximate surface area is 99.0 Å². The zero-order valence-electron chi connectivity index (χ0n) is 11.0. The molecular weight excluding hydrogens is 204 g/mol. The predicted octanol–water partition coefficient (Wildman–Crippen LogP) is 1.42. The standard InChI is InChI=1S/C12H26N2O2/c1-5-7-13-11(12(15)16)9-14(4)8-10(3)6-2/h10-11,13H,5-9H2,1-4H3,(H,15,16). The number of aliphatic carboxylic acids is 1. The number of carboxylic acids is 1. The summed E-state index contributed by atoms with van der Waals surface area (Å²) < 4.78 is 0. The maximum absolute atomic E-state index is 11.0. The van der Waals surface area contributed by atoms with Gasteiger partial charge in [0.2, 0.25) is 0 Å². The van der Waals surface area contributed by atoms with Crippen LogP contribution in [0.3, 0.4) is 0 Å². The Balaban J connectivity index is 4.02. The first-order valence-electron chi connectivity index (χ1n) is 6.15. The van der Waals surface area contributed by atoms with E-state index in [2.05, 4.69) is 24.1 Å². The summed E-state index contributed by atoms with van der Waals surface area (Å²) in [4.78, 5) is 13.1. The fourth-order valence-electron chi connectivity index (χ4n) is 1.60. The van der Waals surface area contributed by atoms with Crippen LogP contribution in [0.2, 0.25) is 0 Å². The number of nitrogens with one attached hydrogen (secondary N) is 1. The van der Waals surface area contributed by atoms with Crippen molar-refractivity contribution in [2.45, 2.75) is 39.7 Å². The van der Waals surface area contributed by atoms with Crippen LogP contribution < -0.4 is 5.32 Å². The van der Waals surface area contributed by atoms with Crippen LogP contribution in [0.15, 0.2) is 0 Å². The third-order valence-corrected chi connectivity index (χ3v) is 2.75. The molecule has 0 aromatic carbocycles. The third-order valence-electron chi connectivity index (χ3n) is 2.75. The fraction of sp³-hybridized carbons (Fsp3) is 0.917. The van der Waals surface area contributed by atoms with Crippen molar-refractivity contribution in [3.05, 3.63) is 0 Å². The van der Waals surface area contributed by atoms with E-state index in [9.17, 15) is 4.79 Å². The van der Waals surface area contributed by atoms with E-state index in [1.54, 1.807) is 0 Å². The zero-order chi connectivity index (χ0) is 12.6. The van der Waals surface area contributed by atoms with Crippen molar-refractivity contribution in [2.75, 3.05) is 26.7 Å². The van der Waals surface area contributed by atoms with Crippen molar-refractivity contribution in [3.8, 4) is 0 Å². The van der Waals surface area contributed by atoms with Gasteiger partial charge in [-0.2, -0.15) is 0 Å². The second-order valence-corrected chi connectivity index (χ2v) is 4.58. The number of carbonyl (C=O) groups is 1. The van der Waals surface area contributed by atoms with Crippen LogP contribution in [0.25, 0.3) is 0 Å². The predicted molar refractivity (Wildman–Crippen MR) is 66.7 cm³/mol. The zero-order valence-corrected chi connectivity index (χ0v) is 11.0. The van der Waals surface area contributed by atoms with Gasteiger partial charge in [0.05, 0.1) is 0 Å². The van der Waals surface area contributed by atoms with Crippen molar-refractivity contribution >= 4 is 5.97 Å². The molecule has 0 spiro atoms. The summed E-state index contributed by atoms with van der Waals surface area (Å²) in [6, 6.07) is -0.450. The van der Waals surface area contributed by atoms with E-state index in [1.807, 2.05) is 14.0 Å². The lowest BCUT2D eigenvalue weighted by Crippen LogP contribution is -2.46. The minimum atomic E-state index is -0.760. The summed E-state index contributed by atoms with van der Waals surface area (Å²) in [5.74, 6) is -0.143. The molecule has 0 radical (unpaired) electrons. The Bertz CT molecular complexity index is 197. The number of hydrogen-bond donors (Lipinski definition) is 2. The van der Waals surface area contributed by atoms with Gasteiger partial charge in [0.1, 0.15) is 6.04 Å². The van der Waals surface area contributed by atoms with Gasteiger partial charge in [-0.05, 0) is 25.9 Å². The Kier molecular flexibility index (Phi) is 8.21. The van der Waals surface area contributed by atoms with Crippen molar-refractivity contribution in [1.82, 2.24) is 10.2 Å². The summed E-state index contributed by atoms with van der Waals surface area (Å²) in [5, 5.41) is 12.1. The van der Waals surface area contributed by atoms with E-state index in [4.69, 9.17) is 5.11 Å². The van der Waals surface area contributed by atoms with E-state index in [0.29, 0.717) is 12.5 Å². The monoisotopic (exact) mass is 230 g/mol. The van der Waals surface area contributed by atoms with Gasteiger partial charge in [0.15, 0.2) is 0 Å². The van der Waals surface area contributed by atoms with Crippen LogP contribution in [-0.4, -0.2) is 48.7 Å². The number of nitrogens with zero attached hydrogens (tertiary/aromatic N) is 1. The van der Waals surface area contributed by atoms with Crippen molar-refractivity contribution in [2.24, 2.45) is 5.92 Å². The molecule has 4 heteroatoms. The first kappa shape index (κ1) is 15.4. The summed E-state index contributed by atoms with van der Waals surface area (Å²) in [6.07, 6.45) is 2.09. The van der Waals surface area contributed by atoms with Crippen molar-refractivity contribution in [3.63, 3.8) is 0 Å². The molecule has 4 nitrogen and oxygen atoms in total. The molecule has 2 atom stereocenters. The fourth-order valence-corrected chi connectivity index (χ4v) is 1.60. The van der Waals surface area contributed by atoms with Gasteiger partial charge < -0.3 is 15.3 Å². The van der Waals surface area contributed by atoms with E-state index in [1.165, 1.54) is 0 Å². The molecule has 2 N–H and O–H groups in total. The van der Waals surface area contributed by atoms with Crippen LogP contribution >= 0.6 is 0 Å². The highest BCUT2D eigenvalue weighted by atomic mass is 16.4. The van der Waals surface area contributed by atoms with Crippen molar-refractivity contribution < 1.29 is 9.90 Å². The largest absolute Gasteiger partial charge is 0.480 e. The molecule has 16 heavy (non-hydrogen) atoms. The Hall–Kier alpha value is -0.610. The van der Waals surface area contributed by atoms with Crippen molar-refractivity contribution in [1.29, 1.82) is 0 Å². The van der Waals surface area contributed by atoms with E-state index < -0.39 is 12.0 Å². The average Bonchev–Trinajstić information content (AvgIpc) is 2.23.